The minimum atomic E-state index is -1.14. The molecule has 0 aliphatic heterocycles. The molecule has 1 heterocycles. The van der Waals surface area contributed by atoms with Crippen molar-refractivity contribution in [1.29, 1.82) is 0 Å². The number of Topliss-reactive ketones (excluding diaryl/α,β-unsaturated/α-hetero) is 1. The Morgan fingerprint density at radius 3 is 2.31 bits per heavy atom. The van der Waals surface area contributed by atoms with Crippen LogP contribution in [0.3, 0.4) is 0 Å². The van der Waals surface area contributed by atoms with Crippen LogP contribution in [-0.2, 0) is 11.8 Å². The molecule has 0 saturated carbocycles. The number of nitrogens with one attached hydrogen (secondary N) is 2. The van der Waals surface area contributed by atoms with Crippen LogP contribution in [0.15, 0.2) is 59.5 Å². The Kier molecular flexibility index (Phi) is 9.41. The molecule has 0 fully saturated rings. The zero-order valence-electron chi connectivity index (χ0n) is 19.0. The Hall–Kier alpha value is -3.40. The fourth-order valence-corrected chi connectivity index (χ4v) is 3.59. The van der Waals surface area contributed by atoms with E-state index < -0.39 is 30.0 Å². The first-order chi connectivity index (χ1) is 16.1. The van der Waals surface area contributed by atoms with Crippen LogP contribution >= 0.6 is 0 Å². The van der Waals surface area contributed by atoms with Crippen LogP contribution in [-0.4, -0.2) is 62.1 Å². The number of aliphatic carboxylic acids is 1. The van der Waals surface area contributed by atoms with Crippen LogP contribution in [0.4, 0.5) is 10.5 Å². The number of ketones is 1. The van der Waals surface area contributed by atoms with Gasteiger partial charge >= 0.3 is 41.6 Å². The predicted molar refractivity (Wildman–Crippen MR) is 134 cm³/mol. The Morgan fingerprint density at radius 2 is 1.69 bits per heavy atom. The summed E-state index contributed by atoms with van der Waals surface area (Å²) in [7, 11) is 1.48. The first-order valence-electron chi connectivity index (χ1n) is 10.5. The van der Waals surface area contributed by atoms with E-state index in [1.165, 1.54) is 24.7 Å². The monoisotopic (exact) mass is 487 g/mol. The number of pyridine rings is 1. The van der Waals surface area contributed by atoms with Gasteiger partial charge in [-0.15, -0.1) is 0 Å². The van der Waals surface area contributed by atoms with Crippen molar-refractivity contribution in [3.63, 3.8) is 0 Å². The Bertz CT molecular complexity index is 1340. The number of aromatic nitrogens is 1. The van der Waals surface area contributed by atoms with Crippen LogP contribution in [0.2, 0.25) is 0 Å². The quantitative estimate of drug-likeness (QED) is 0.299. The van der Waals surface area contributed by atoms with Crippen molar-refractivity contribution in [3.05, 3.63) is 81.8 Å². The summed E-state index contributed by atoms with van der Waals surface area (Å²) in [6.07, 6.45) is 1.02. The number of carboxylic acid groups (broad SMARTS) is 1. The zero-order valence-corrected chi connectivity index (χ0v) is 19.0. The molecule has 9 nitrogen and oxygen atoms in total. The van der Waals surface area contributed by atoms with Gasteiger partial charge in [-0.1, -0.05) is 36.4 Å². The van der Waals surface area contributed by atoms with Crippen molar-refractivity contribution in [2.75, 3.05) is 5.32 Å². The standard InChI is InChI=1S/C25H25N3O6.Na.H/c1-14-13-28(3)24(33)22(23(14)32)27-25(34)26-20(12-21(30)31)19-9-5-8-18(11-19)17-7-4-6-16(10-17)15(2)29;;/h4-11,13,20,32H,12H2,1-3H3,(H,30,31)(H2,26,27,34);;. The Balaban J connectivity index is 0.00000432. The average molecular weight is 487 g/mol. The SMILES string of the molecule is CC(=O)c1cccc(-c2cccc(C(CC(=O)O)NC(=O)Nc3c(O)c(C)cn(C)c3=O)c2)c1.[NaH]. The van der Waals surface area contributed by atoms with Crippen LogP contribution < -0.4 is 16.2 Å². The third kappa shape index (κ3) is 6.82. The number of hydrogen-bond acceptors (Lipinski definition) is 5. The summed E-state index contributed by atoms with van der Waals surface area (Å²) in [6.45, 7) is 3.05. The molecule has 3 rings (SSSR count). The summed E-state index contributed by atoms with van der Waals surface area (Å²) in [5, 5.41) is 24.5. The van der Waals surface area contributed by atoms with Gasteiger partial charge in [-0.25, -0.2) is 4.79 Å². The van der Waals surface area contributed by atoms with Crippen molar-refractivity contribution >= 4 is 53.0 Å². The van der Waals surface area contributed by atoms with Gasteiger partial charge in [0.25, 0.3) is 5.56 Å². The number of rotatable bonds is 7. The summed E-state index contributed by atoms with van der Waals surface area (Å²) in [4.78, 5) is 48.2. The van der Waals surface area contributed by atoms with E-state index in [0.717, 1.165) is 11.1 Å². The summed E-state index contributed by atoms with van der Waals surface area (Å²) >= 11 is 0. The van der Waals surface area contributed by atoms with Crippen molar-refractivity contribution in [3.8, 4) is 16.9 Å². The second-order valence-electron chi connectivity index (χ2n) is 7.96. The molecule has 0 saturated heterocycles. The van der Waals surface area contributed by atoms with Crippen molar-refractivity contribution < 1.29 is 24.6 Å². The second kappa shape index (κ2) is 11.8. The molecule has 2 aromatic carbocycles. The molecule has 1 atom stereocenters. The third-order valence-electron chi connectivity index (χ3n) is 5.35. The number of hydrogen-bond donors (Lipinski definition) is 4. The molecule has 1 aromatic heterocycles. The van der Waals surface area contributed by atoms with E-state index in [9.17, 15) is 29.4 Å². The van der Waals surface area contributed by atoms with E-state index in [1.807, 2.05) is 12.1 Å². The third-order valence-corrected chi connectivity index (χ3v) is 5.35. The first-order valence-corrected chi connectivity index (χ1v) is 10.5. The number of benzene rings is 2. The number of carbonyl (C=O) groups excluding carboxylic acids is 2. The Morgan fingerprint density at radius 1 is 1.06 bits per heavy atom. The molecule has 4 N–H and O–H groups in total. The van der Waals surface area contributed by atoms with E-state index in [-0.39, 0.29) is 46.8 Å². The number of anilines is 1. The normalized spacial score (nSPS) is 11.2. The van der Waals surface area contributed by atoms with Crippen molar-refractivity contribution in [2.45, 2.75) is 26.3 Å². The number of aryl methyl sites for hydroxylation is 2. The molecule has 0 radical (unpaired) electrons. The minimum absolute atomic E-state index is 0. The molecule has 10 heteroatoms. The summed E-state index contributed by atoms with van der Waals surface area (Å²) in [5.74, 6) is -1.57. The number of nitrogens with zero attached hydrogens (tertiary/aromatic N) is 1. The molecule has 0 bridgehead atoms. The topological polar surface area (TPSA) is 138 Å². The average Bonchev–Trinajstić information content (AvgIpc) is 2.80. The fourth-order valence-electron chi connectivity index (χ4n) is 3.59. The molecule has 1 unspecified atom stereocenters. The molecular weight excluding hydrogens is 461 g/mol. The van der Waals surface area contributed by atoms with Crippen LogP contribution in [0.25, 0.3) is 11.1 Å². The first kappa shape index (κ1) is 27.8. The van der Waals surface area contributed by atoms with Gasteiger partial charge in [0.1, 0.15) is 5.75 Å². The second-order valence-corrected chi connectivity index (χ2v) is 7.96. The van der Waals surface area contributed by atoms with E-state index in [2.05, 4.69) is 10.6 Å². The number of carbonyl (C=O) groups is 3. The number of amides is 2. The summed E-state index contributed by atoms with van der Waals surface area (Å²) < 4.78 is 1.22. The number of aromatic hydroxyl groups is 1. The van der Waals surface area contributed by atoms with E-state index in [1.54, 1.807) is 43.3 Å². The van der Waals surface area contributed by atoms with Crippen molar-refractivity contribution in [2.24, 2.45) is 7.05 Å². The maximum atomic E-state index is 12.7. The molecule has 2 amide bonds. The zero-order chi connectivity index (χ0) is 25.0. The summed E-state index contributed by atoms with van der Waals surface area (Å²) in [5.41, 5.74) is 2.04. The van der Waals surface area contributed by atoms with Gasteiger partial charge in [-0.05, 0) is 42.7 Å². The van der Waals surface area contributed by atoms with Gasteiger partial charge < -0.3 is 25.4 Å². The van der Waals surface area contributed by atoms with Gasteiger partial charge in [0.2, 0.25) is 0 Å². The van der Waals surface area contributed by atoms with Gasteiger partial charge in [-0.2, -0.15) is 0 Å². The fraction of sp³-hybridized carbons (Fsp3) is 0.200. The molecule has 0 aliphatic rings. The molecule has 3 aromatic rings. The van der Waals surface area contributed by atoms with Crippen molar-refractivity contribution in [1.82, 2.24) is 9.88 Å². The van der Waals surface area contributed by atoms with Gasteiger partial charge in [0.05, 0.1) is 12.5 Å². The van der Waals surface area contributed by atoms with Crippen LogP contribution in [0, 0.1) is 6.92 Å². The molecule has 0 spiro atoms. The molecular formula is C25H26N3NaO6. The van der Waals surface area contributed by atoms with Gasteiger partial charge in [0, 0.05) is 24.4 Å². The molecule has 178 valence electrons. The van der Waals surface area contributed by atoms with E-state index in [0.29, 0.717) is 16.7 Å². The maximum absolute atomic E-state index is 12.7. The van der Waals surface area contributed by atoms with E-state index >= 15 is 0 Å². The molecule has 0 aliphatic carbocycles. The van der Waals surface area contributed by atoms with Crippen LogP contribution in [0.5, 0.6) is 5.75 Å². The number of urea groups is 1. The van der Waals surface area contributed by atoms with Gasteiger partial charge in [0.15, 0.2) is 11.5 Å². The molecule has 35 heavy (non-hydrogen) atoms. The van der Waals surface area contributed by atoms with Crippen LogP contribution in [0.1, 0.15) is 40.9 Å². The predicted octanol–water partition coefficient (Wildman–Crippen LogP) is 2.96. The Labute approximate surface area is 224 Å². The summed E-state index contributed by atoms with van der Waals surface area (Å²) in [6, 6.07) is 12.2. The number of carboxylic acids is 1. The van der Waals surface area contributed by atoms with Gasteiger partial charge in [-0.3, -0.25) is 14.4 Å². The van der Waals surface area contributed by atoms with E-state index in [4.69, 9.17) is 0 Å².